The predicted octanol–water partition coefficient (Wildman–Crippen LogP) is 3.81. The summed E-state index contributed by atoms with van der Waals surface area (Å²) in [6.07, 6.45) is 7.05. The van der Waals surface area contributed by atoms with Crippen LogP contribution in [-0.4, -0.2) is 52.5 Å². The average molecular weight is 402 g/mol. The molecule has 2 aliphatic rings. The Morgan fingerprint density at radius 1 is 1.14 bits per heavy atom. The van der Waals surface area contributed by atoms with Crippen LogP contribution in [0.3, 0.4) is 0 Å². The van der Waals surface area contributed by atoms with E-state index in [-0.39, 0.29) is 5.41 Å². The molecule has 1 aliphatic carbocycles. The van der Waals surface area contributed by atoms with Gasteiger partial charge in [0, 0.05) is 52.0 Å². The van der Waals surface area contributed by atoms with E-state index in [0.29, 0.717) is 5.41 Å². The number of nitrogens with one attached hydrogen (secondary N) is 2. The molecule has 0 spiro atoms. The number of aryl methyl sites for hydroxylation is 1. The molecule has 0 bridgehead atoms. The summed E-state index contributed by atoms with van der Waals surface area (Å²) < 4.78 is 11.0. The SMILES string of the molecule is CCNC(=NCC1(CCOC)CCC1)NCC1(c2ccccc2C)CCOCC1. The first-order valence-corrected chi connectivity index (χ1v) is 11.3. The van der Waals surface area contributed by atoms with Crippen LogP contribution in [0.2, 0.25) is 0 Å². The van der Waals surface area contributed by atoms with Crippen LogP contribution in [0, 0.1) is 12.3 Å². The van der Waals surface area contributed by atoms with Crippen molar-refractivity contribution in [1.82, 2.24) is 10.6 Å². The van der Waals surface area contributed by atoms with Gasteiger partial charge in [-0.25, -0.2) is 0 Å². The highest BCUT2D eigenvalue weighted by molar-refractivity contribution is 5.80. The van der Waals surface area contributed by atoms with Crippen molar-refractivity contribution in [3.05, 3.63) is 35.4 Å². The third-order valence-corrected chi connectivity index (χ3v) is 6.93. The third-order valence-electron chi connectivity index (χ3n) is 6.93. The largest absolute Gasteiger partial charge is 0.385 e. The molecule has 0 atom stereocenters. The van der Waals surface area contributed by atoms with Crippen molar-refractivity contribution in [1.29, 1.82) is 0 Å². The number of aliphatic imine (C=N–C) groups is 1. The molecule has 5 nitrogen and oxygen atoms in total. The number of ether oxygens (including phenoxy) is 2. The van der Waals surface area contributed by atoms with Crippen LogP contribution in [-0.2, 0) is 14.9 Å². The maximum absolute atomic E-state index is 5.71. The van der Waals surface area contributed by atoms with Crippen LogP contribution >= 0.6 is 0 Å². The fraction of sp³-hybridized carbons (Fsp3) is 0.708. The van der Waals surface area contributed by atoms with Gasteiger partial charge < -0.3 is 20.1 Å². The topological polar surface area (TPSA) is 54.9 Å². The Morgan fingerprint density at radius 3 is 2.52 bits per heavy atom. The van der Waals surface area contributed by atoms with Crippen molar-refractivity contribution in [3.63, 3.8) is 0 Å². The molecule has 1 saturated heterocycles. The van der Waals surface area contributed by atoms with Crippen LogP contribution in [0.5, 0.6) is 0 Å². The van der Waals surface area contributed by atoms with Gasteiger partial charge in [0.05, 0.1) is 0 Å². The Labute approximate surface area is 176 Å². The summed E-state index contributed by atoms with van der Waals surface area (Å²) in [5.41, 5.74) is 3.25. The van der Waals surface area contributed by atoms with E-state index in [2.05, 4.69) is 48.7 Å². The maximum Gasteiger partial charge on any atom is 0.191 e. The van der Waals surface area contributed by atoms with E-state index < -0.39 is 0 Å². The Morgan fingerprint density at radius 2 is 1.90 bits per heavy atom. The minimum Gasteiger partial charge on any atom is -0.385 e. The van der Waals surface area contributed by atoms with Crippen LogP contribution in [0.4, 0.5) is 0 Å². The standard InChI is InChI=1S/C24H39N3O2/c1-4-25-22(26-18-23(10-7-11-23)12-15-28-3)27-19-24(13-16-29-17-14-24)21-9-6-5-8-20(21)2/h5-6,8-9H,4,7,10-19H2,1-3H3,(H2,25,26,27). The van der Waals surface area contributed by atoms with Gasteiger partial charge in [-0.3, -0.25) is 4.99 Å². The van der Waals surface area contributed by atoms with Crippen LogP contribution in [0.15, 0.2) is 29.3 Å². The molecule has 1 aromatic rings. The summed E-state index contributed by atoms with van der Waals surface area (Å²) in [6, 6.07) is 8.81. The molecule has 0 aromatic heterocycles. The van der Waals surface area contributed by atoms with Crippen LogP contribution in [0.1, 0.15) is 56.6 Å². The number of methoxy groups -OCH3 is 1. The van der Waals surface area contributed by atoms with Gasteiger partial charge in [-0.05, 0) is 62.5 Å². The summed E-state index contributed by atoms with van der Waals surface area (Å²) in [7, 11) is 1.79. The van der Waals surface area contributed by atoms with Gasteiger partial charge >= 0.3 is 0 Å². The molecule has 0 amide bonds. The van der Waals surface area contributed by atoms with E-state index in [1.54, 1.807) is 7.11 Å². The molecule has 1 aromatic carbocycles. The summed E-state index contributed by atoms with van der Waals surface area (Å²) in [5.74, 6) is 0.940. The molecule has 2 fully saturated rings. The summed E-state index contributed by atoms with van der Waals surface area (Å²) in [6.45, 7) is 9.47. The van der Waals surface area contributed by atoms with Gasteiger partial charge in [0.2, 0.25) is 0 Å². The monoisotopic (exact) mass is 401 g/mol. The fourth-order valence-corrected chi connectivity index (χ4v) is 4.80. The third kappa shape index (κ3) is 5.52. The first kappa shape index (κ1) is 22.1. The molecule has 162 valence electrons. The molecule has 0 unspecified atom stereocenters. The molecular weight excluding hydrogens is 362 g/mol. The zero-order chi connectivity index (χ0) is 20.6. The molecule has 5 heteroatoms. The molecule has 1 heterocycles. The lowest BCUT2D eigenvalue weighted by molar-refractivity contribution is 0.0511. The number of guanidine groups is 1. The molecule has 1 saturated carbocycles. The minimum absolute atomic E-state index is 0.101. The summed E-state index contributed by atoms with van der Waals surface area (Å²) >= 11 is 0. The average Bonchev–Trinajstić information content (AvgIpc) is 2.72. The predicted molar refractivity (Wildman–Crippen MR) is 120 cm³/mol. The number of nitrogens with zero attached hydrogens (tertiary/aromatic N) is 1. The molecule has 1 aliphatic heterocycles. The van der Waals surface area contributed by atoms with E-state index in [4.69, 9.17) is 14.5 Å². The second-order valence-electron chi connectivity index (χ2n) is 8.85. The lowest BCUT2D eigenvalue weighted by Gasteiger charge is -2.41. The molecule has 29 heavy (non-hydrogen) atoms. The van der Waals surface area contributed by atoms with E-state index in [1.165, 1.54) is 30.4 Å². The lowest BCUT2D eigenvalue weighted by Crippen LogP contribution is -2.48. The molecule has 0 radical (unpaired) electrons. The highest BCUT2D eigenvalue weighted by atomic mass is 16.5. The fourth-order valence-electron chi connectivity index (χ4n) is 4.80. The van der Waals surface area contributed by atoms with Crippen molar-refractivity contribution in [2.75, 3.05) is 46.6 Å². The van der Waals surface area contributed by atoms with Crippen molar-refractivity contribution in [2.24, 2.45) is 10.4 Å². The van der Waals surface area contributed by atoms with E-state index in [1.807, 2.05) is 0 Å². The number of benzene rings is 1. The van der Waals surface area contributed by atoms with E-state index in [9.17, 15) is 0 Å². The van der Waals surface area contributed by atoms with E-state index >= 15 is 0 Å². The Balaban J connectivity index is 1.71. The summed E-state index contributed by atoms with van der Waals surface area (Å²) in [5, 5.41) is 7.14. The minimum atomic E-state index is 0.101. The molecule has 3 rings (SSSR count). The normalized spacial score (nSPS) is 20.7. The number of hydrogen-bond donors (Lipinski definition) is 2. The van der Waals surface area contributed by atoms with Gasteiger partial charge in [0.25, 0.3) is 0 Å². The van der Waals surface area contributed by atoms with Gasteiger partial charge in [0.15, 0.2) is 5.96 Å². The van der Waals surface area contributed by atoms with Crippen molar-refractivity contribution in [3.8, 4) is 0 Å². The van der Waals surface area contributed by atoms with Gasteiger partial charge in [-0.15, -0.1) is 0 Å². The zero-order valence-electron chi connectivity index (χ0n) is 18.6. The van der Waals surface area contributed by atoms with Gasteiger partial charge in [0.1, 0.15) is 0 Å². The quantitative estimate of drug-likeness (QED) is 0.488. The Kier molecular flexibility index (Phi) is 7.96. The van der Waals surface area contributed by atoms with Crippen LogP contribution in [0.25, 0.3) is 0 Å². The first-order valence-electron chi connectivity index (χ1n) is 11.3. The van der Waals surface area contributed by atoms with Gasteiger partial charge in [-0.2, -0.15) is 0 Å². The molecular formula is C24H39N3O2. The maximum atomic E-state index is 5.71. The smallest absolute Gasteiger partial charge is 0.191 e. The van der Waals surface area contributed by atoms with E-state index in [0.717, 1.165) is 64.7 Å². The summed E-state index contributed by atoms with van der Waals surface area (Å²) in [4.78, 5) is 5.00. The van der Waals surface area contributed by atoms with Crippen molar-refractivity contribution >= 4 is 5.96 Å². The first-order chi connectivity index (χ1) is 14.1. The second kappa shape index (κ2) is 10.4. The Hall–Kier alpha value is -1.59. The zero-order valence-corrected chi connectivity index (χ0v) is 18.6. The number of rotatable bonds is 9. The highest BCUT2D eigenvalue weighted by Crippen LogP contribution is 2.44. The van der Waals surface area contributed by atoms with Crippen molar-refractivity contribution in [2.45, 2.75) is 57.8 Å². The van der Waals surface area contributed by atoms with Crippen LogP contribution < -0.4 is 10.6 Å². The van der Waals surface area contributed by atoms with Crippen molar-refractivity contribution < 1.29 is 9.47 Å². The Bertz CT molecular complexity index is 664. The highest BCUT2D eigenvalue weighted by Gasteiger charge is 2.37. The van der Waals surface area contributed by atoms with Gasteiger partial charge in [-0.1, -0.05) is 30.7 Å². The molecule has 2 N–H and O–H groups in total. The lowest BCUT2D eigenvalue weighted by atomic mass is 9.67. The number of hydrogen-bond acceptors (Lipinski definition) is 3. The second-order valence-corrected chi connectivity index (χ2v) is 8.85.